The van der Waals surface area contributed by atoms with Crippen molar-refractivity contribution in [3.8, 4) is 0 Å². The van der Waals surface area contributed by atoms with E-state index in [-0.39, 0.29) is 12.4 Å². The highest BCUT2D eigenvalue weighted by molar-refractivity contribution is 5.85. The molecule has 1 aliphatic carbocycles. The van der Waals surface area contributed by atoms with Crippen LogP contribution in [-0.4, -0.2) is 0 Å². The van der Waals surface area contributed by atoms with Gasteiger partial charge in [-0.25, -0.2) is 0 Å². The van der Waals surface area contributed by atoms with Crippen LogP contribution in [0.1, 0.15) is 29.2 Å². The van der Waals surface area contributed by atoms with Gasteiger partial charge in [-0.3, -0.25) is 0 Å². The molecule has 1 aromatic rings. The minimum absolute atomic E-state index is 0. The normalized spacial score (nSPS) is 20.0. The summed E-state index contributed by atoms with van der Waals surface area (Å²) in [6, 6.07) is 6.88. The zero-order chi connectivity index (χ0) is 7.84. The minimum Gasteiger partial charge on any atom is -0.324 e. The molecular weight excluding hydrogens is 170 g/mol. The maximum absolute atomic E-state index is 5.92. The van der Waals surface area contributed by atoms with Crippen molar-refractivity contribution in [1.82, 2.24) is 0 Å². The van der Waals surface area contributed by atoms with Crippen LogP contribution in [0.2, 0.25) is 0 Å². The monoisotopic (exact) mass is 183 g/mol. The van der Waals surface area contributed by atoms with Gasteiger partial charge in [-0.2, -0.15) is 0 Å². The number of benzene rings is 1. The second-order valence-corrected chi connectivity index (χ2v) is 3.35. The van der Waals surface area contributed by atoms with Gasteiger partial charge in [-0.1, -0.05) is 23.8 Å². The van der Waals surface area contributed by atoms with Gasteiger partial charge >= 0.3 is 0 Å². The van der Waals surface area contributed by atoms with Crippen LogP contribution >= 0.6 is 12.4 Å². The molecule has 1 aromatic carbocycles. The van der Waals surface area contributed by atoms with Crippen molar-refractivity contribution in [3.63, 3.8) is 0 Å². The molecule has 0 unspecified atom stereocenters. The molecule has 1 nitrogen and oxygen atoms in total. The number of rotatable bonds is 0. The first-order valence-electron chi connectivity index (χ1n) is 4.12. The molecule has 1 aliphatic rings. The molecule has 0 bridgehead atoms. The first-order valence-corrected chi connectivity index (χ1v) is 4.12. The van der Waals surface area contributed by atoms with Gasteiger partial charge in [0.1, 0.15) is 0 Å². The SMILES string of the molecule is Cc1ccc2c(c1)[C@@H](N)CC2.Cl. The lowest BCUT2D eigenvalue weighted by atomic mass is 10.1. The second kappa shape index (κ2) is 3.46. The average molecular weight is 184 g/mol. The summed E-state index contributed by atoms with van der Waals surface area (Å²) in [5.41, 5.74) is 10.0. The Morgan fingerprint density at radius 2 is 2.17 bits per heavy atom. The van der Waals surface area contributed by atoms with E-state index in [1.807, 2.05) is 0 Å². The van der Waals surface area contributed by atoms with Gasteiger partial charge in [-0.05, 0) is 30.9 Å². The smallest absolute Gasteiger partial charge is 0.0300 e. The van der Waals surface area contributed by atoms with Gasteiger partial charge < -0.3 is 5.73 Å². The van der Waals surface area contributed by atoms with E-state index in [0.717, 1.165) is 12.8 Å². The predicted molar refractivity (Wildman–Crippen MR) is 53.7 cm³/mol. The molecule has 0 aromatic heterocycles. The van der Waals surface area contributed by atoms with Crippen LogP contribution in [-0.2, 0) is 6.42 Å². The van der Waals surface area contributed by atoms with E-state index in [2.05, 4.69) is 25.1 Å². The Hall–Kier alpha value is -0.530. The van der Waals surface area contributed by atoms with E-state index in [1.165, 1.54) is 16.7 Å². The summed E-state index contributed by atoms with van der Waals surface area (Å²) in [6.45, 7) is 2.12. The van der Waals surface area contributed by atoms with Crippen molar-refractivity contribution in [1.29, 1.82) is 0 Å². The van der Waals surface area contributed by atoms with Crippen molar-refractivity contribution < 1.29 is 0 Å². The number of nitrogens with two attached hydrogens (primary N) is 1. The topological polar surface area (TPSA) is 26.0 Å². The Morgan fingerprint density at radius 3 is 2.92 bits per heavy atom. The lowest BCUT2D eigenvalue weighted by molar-refractivity contribution is 0.713. The van der Waals surface area contributed by atoms with Crippen molar-refractivity contribution in [2.45, 2.75) is 25.8 Å². The fraction of sp³-hybridized carbons (Fsp3) is 0.400. The number of aryl methyl sites for hydroxylation is 2. The third-order valence-electron chi connectivity index (χ3n) is 2.43. The summed E-state index contributed by atoms with van der Waals surface area (Å²) in [5.74, 6) is 0. The zero-order valence-corrected chi connectivity index (χ0v) is 8.03. The Kier molecular flexibility index (Phi) is 2.76. The van der Waals surface area contributed by atoms with Gasteiger partial charge in [-0.15, -0.1) is 12.4 Å². The van der Waals surface area contributed by atoms with Gasteiger partial charge in [0, 0.05) is 6.04 Å². The van der Waals surface area contributed by atoms with Gasteiger partial charge in [0.25, 0.3) is 0 Å². The molecule has 2 heteroatoms. The van der Waals surface area contributed by atoms with Crippen LogP contribution in [0.3, 0.4) is 0 Å². The first kappa shape index (κ1) is 9.56. The van der Waals surface area contributed by atoms with Crippen LogP contribution in [0.25, 0.3) is 0 Å². The number of fused-ring (bicyclic) bond motifs is 1. The van der Waals surface area contributed by atoms with Gasteiger partial charge in [0.05, 0.1) is 0 Å². The molecule has 0 radical (unpaired) electrons. The lowest BCUT2D eigenvalue weighted by Gasteiger charge is -2.04. The van der Waals surface area contributed by atoms with Crippen LogP contribution in [0, 0.1) is 6.92 Å². The Morgan fingerprint density at radius 1 is 1.42 bits per heavy atom. The maximum Gasteiger partial charge on any atom is 0.0300 e. The molecule has 2 rings (SSSR count). The second-order valence-electron chi connectivity index (χ2n) is 3.35. The maximum atomic E-state index is 5.92. The Bertz CT molecular complexity index is 283. The largest absolute Gasteiger partial charge is 0.324 e. The molecule has 12 heavy (non-hydrogen) atoms. The molecule has 0 aliphatic heterocycles. The highest BCUT2D eigenvalue weighted by Crippen LogP contribution is 2.29. The summed E-state index contributed by atoms with van der Waals surface area (Å²) in [4.78, 5) is 0. The summed E-state index contributed by atoms with van der Waals surface area (Å²) in [5, 5.41) is 0. The predicted octanol–water partition coefficient (Wildman–Crippen LogP) is 2.36. The van der Waals surface area contributed by atoms with Gasteiger partial charge in [0.2, 0.25) is 0 Å². The molecule has 0 amide bonds. The van der Waals surface area contributed by atoms with Crippen LogP contribution < -0.4 is 5.73 Å². The van der Waals surface area contributed by atoms with Crippen LogP contribution in [0.15, 0.2) is 18.2 Å². The standard InChI is InChI=1S/C10H13N.ClH/c1-7-2-3-8-4-5-10(11)9(8)6-7;/h2-3,6,10H,4-5,11H2,1H3;1H/t10-;/m0./s1. The Labute approximate surface area is 79.4 Å². The number of hydrogen-bond acceptors (Lipinski definition) is 1. The molecule has 0 spiro atoms. The third-order valence-corrected chi connectivity index (χ3v) is 2.43. The van der Waals surface area contributed by atoms with Gasteiger partial charge in [0.15, 0.2) is 0 Å². The molecule has 2 N–H and O–H groups in total. The number of hydrogen-bond donors (Lipinski definition) is 1. The molecular formula is C10H14ClN. The average Bonchev–Trinajstić information content (AvgIpc) is 2.33. The molecule has 1 atom stereocenters. The molecule has 0 fully saturated rings. The van der Waals surface area contributed by atoms with E-state index in [1.54, 1.807) is 0 Å². The minimum atomic E-state index is 0. The van der Waals surface area contributed by atoms with E-state index in [9.17, 15) is 0 Å². The molecule has 66 valence electrons. The van der Waals surface area contributed by atoms with E-state index in [0.29, 0.717) is 6.04 Å². The zero-order valence-electron chi connectivity index (χ0n) is 7.21. The summed E-state index contributed by atoms with van der Waals surface area (Å²) in [6.07, 6.45) is 2.29. The molecule has 0 saturated heterocycles. The fourth-order valence-corrected chi connectivity index (χ4v) is 1.75. The van der Waals surface area contributed by atoms with Crippen molar-refractivity contribution in [2.75, 3.05) is 0 Å². The first-order chi connectivity index (χ1) is 5.27. The highest BCUT2D eigenvalue weighted by atomic mass is 35.5. The molecule has 0 heterocycles. The third kappa shape index (κ3) is 1.47. The van der Waals surface area contributed by atoms with Crippen molar-refractivity contribution in [3.05, 3.63) is 34.9 Å². The fourth-order valence-electron chi connectivity index (χ4n) is 1.75. The van der Waals surface area contributed by atoms with Crippen LogP contribution in [0.4, 0.5) is 0 Å². The molecule has 0 saturated carbocycles. The van der Waals surface area contributed by atoms with Crippen LogP contribution in [0.5, 0.6) is 0 Å². The summed E-state index contributed by atoms with van der Waals surface area (Å²) >= 11 is 0. The summed E-state index contributed by atoms with van der Waals surface area (Å²) < 4.78 is 0. The lowest BCUT2D eigenvalue weighted by Crippen LogP contribution is -2.05. The number of halogens is 1. The van der Waals surface area contributed by atoms with Crippen molar-refractivity contribution in [2.24, 2.45) is 5.73 Å². The van der Waals surface area contributed by atoms with E-state index in [4.69, 9.17) is 5.73 Å². The quantitative estimate of drug-likeness (QED) is 0.657. The summed E-state index contributed by atoms with van der Waals surface area (Å²) in [7, 11) is 0. The van der Waals surface area contributed by atoms with E-state index >= 15 is 0 Å². The highest BCUT2D eigenvalue weighted by Gasteiger charge is 2.17. The Balaban J connectivity index is 0.000000720. The van der Waals surface area contributed by atoms with E-state index < -0.39 is 0 Å². The van der Waals surface area contributed by atoms with Crippen molar-refractivity contribution >= 4 is 12.4 Å².